The molecule has 0 unspecified atom stereocenters. The van der Waals surface area contributed by atoms with Crippen molar-refractivity contribution >= 4 is 5.91 Å². The molecule has 4 nitrogen and oxygen atoms in total. The van der Waals surface area contributed by atoms with Gasteiger partial charge in [-0.3, -0.25) is 4.79 Å². The highest BCUT2D eigenvalue weighted by molar-refractivity contribution is 5.83. The van der Waals surface area contributed by atoms with Gasteiger partial charge in [-0.2, -0.15) is 0 Å². The number of nitrogens with zero attached hydrogens (tertiary/aromatic N) is 1. The van der Waals surface area contributed by atoms with Crippen molar-refractivity contribution < 1.29 is 9.90 Å². The molecule has 108 valence electrons. The van der Waals surface area contributed by atoms with Gasteiger partial charge < -0.3 is 15.7 Å². The maximum atomic E-state index is 12.7. The Morgan fingerprint density at radius 1 is 1.22 bits per heavy atom. The molecule has 0 aromatic rings. The van der Waals surface area contributed by atoms with E-state index in [1.165, 1.54) is 0 Å². The molecule has 0 radical (unpaired) electrons. The molecule has 0 aliphatic rings. The Hall–Kier alpha value is -0.610. The van der Waals surface area contributed by atoms with Gasteiger partial charge in [0.25, 0.3) is 0 Å². The van der Waals surface area contributed by atoms with Gasteiger partial charge in [0.15, 0.2) is 0 Å². The Morgan fingerprint density at radius 3 is 2.11 bits per heavy atom. The Balaban J connectivity index is 4.88. The molecular formula is C14H30N2O2. The average Bonchev–Trinajstić information content (AvgIpc) is 2.39. The molecule has 0 aromatic carbocycles. The number of aliphatic hydroxyl groups excluding tert-OH is 1. The molecule has 18 heavy (non-hydrogen) atoms. The van der Waals surface area contributed by atoms with E-state index in [-0.39, 0.29) is 12.5 Å². The topological polar surface area (TPSA) is 66.6 Å². The summed E-state index contributed by atoms with van der Waals surface area (Å²) in [7, 11) is 0. The van der Waals surface area contributed by atoms with E-state index >= 15 is 0 Å². The summed E-state index contributed by atoms with van der Waals surface area (Å²) < 4.78 is 0. The van der Waals surface area contributed by atoms with Crippen LogP contribution in [0.1, 0.15) is 52.9 Å². The van der Waals surface area contributed by atoms with Crippen LogP contribution in [0.5, 0.6) is 0 Å². The quantitative estimate of drug-likeness (QED) is 0.627. The number of rotatable bonds is 10. The fraction of sp³-hybridized carbons (Fsp3) is 0.929. The summed E-state index contributed by atoms with van der Waals surface area (Å²) in [6.07, 6.45) is 4.29. The maximum absolute atomic E-state index is 12.7. The Bertz CT molecular complexity index is 226. The van der Waals surface area contributed by atoms with Gasteiger partial charge in [0, 0.05) is 26.2 Å². The SMILES string of the molecule is CCCC(CN)(CCC)C(=O)N(CC)CCCO. The molecule has 0 spiro atoms. The molecule has 0 aliphatic carbocycles. The van der Waals surface area contributed by atoms with Crippen molar-refractivity contribution in [3.63, 3.8) is 0 Å². The summed E-state index contributed by atoms with van der Waals surface area (Å²) in [5, 5.41) is 8.90. The highest BCUT2D eigenvalue weighted by atomic mass is 16.3. The molecule has 0 saturated heterocycles. The Kier molecular flexibility index (Phi) is 9.02. The smallest absolute Gasteiger partial charge is 0.230 e. The fourth-order valence-corrected chi connectivity index (χ4v) is 2.59. The van der Waals surface area contributed by atoms with Crippen molar-refractivity contribution in [1.29, 1.82) is 0 Å². The fourth-order valence-electron chi connectivity index (χ4n) is 2.59. The summed E-state index contributed by atoms with van der Waals surface area (Å²) in [6.45, 7) is 8.03. The Labute approximate surface area is 112 Å². The van der Waals surface area contributed by atoms with Gasteiger partial charge in [-0.15, -0.1) is 0 Å². The van der Waals surface area contributed by atoms with Crippen LogP contribution in [0.15, 0.2) is 0 Å². The molecule has 0 atom stereocenters. The van der Waals surface area contributed by atoms with Crippen LogP contribution in [-0.2, 0) is 4.79 Å². The number of nitrogens with two attached hydrogens (primary N) is 1. The third-order valence-corrected chi connectivity index (χ3v) is 3.56. The van der Waals surface area contributed by atoms with Crippen molar-refractivity contribution in [2.24, 2.45) is 11.1 Å². The van der Waals surface area contributed by atoms with Gasteiger partial charge in [-0.1, -0.05) is 26.7 Å². The normalized spacial score (nSPS) is 11.6. The van der Waals surface area contributed by atoms with E-state index in [1.54, 1.807) is 0 Å². The maximum Gasteiger partial charge on any atom is 0.230 e. The van der Waals surface area contributed by atoms with Crippen LogP contribution in [0.2, 0.25) is 0 Å². The minimum Gasteiger partial charge on any atom is -0.396 e. The summed E-state index contributed by atoms with van der Waals surface area (Å²) in [4.78, 5) is 14.5. The number of hydrogen-bond donors (Lipinski definition) is 2. The highest BCUT2D eigenvalue weighted by Crippen LogP contribution is 2.31. The van der Waals surface area contributed by atoms with Crippen molar-refractivity contribution in [3.05, 3.63) is 0 Å². The van der Waals surface area contributed by atoms with Gasteiger partial charge in [0.1, 0.15) is 0 Å². The second-order valence-corrected chi connectivity index (χ2v) is 4.95. The van der Waals surface area contributed by atoms with E-state index in [2.05, 4.69) is 13.8 Å². The first kappa shape index (κ1) is 17.4. The summed E-state index contributed by atoms with van der Waals surface area (Å²) >= 11 is 0. The zero-order chi connectivity index (χ0) is 14.0. The molecule has 0 saturated carbocycles. The number of carbonyl (C=O) groups is 1. The van der Waals surface area contributed by atoms with E-state index in [4.69, 9.17) is 10.8 Å². The number of amides is 1. The van der Waals surface area contributed by atoms with Crippen LogP contribution < -0.4 is 5.73 Å². The average molecular weight is 258 g/mol. The number of aliphatic hydroxyl groups is 1. The summed E-state index contributed by atoms with van der Waals surface area (Å²) in [5.41, 5.74) is 5.51. The third-order valence-electron chi connectivity index (χ3n) is 3.56. The van der Waals surface area contributed by atoms with Crippen LogP contribution in [0.25, 0.3) is 0 Å². The van der Waals surface area contributed by atoms with E-state index in [0.717, 1.165) is 25.7 Å². The molecule has 4 heteroatoms. The van der Waals surface area contributed by atoms with E-state index in [9.17, 15) is 4.79 Å². The van der Waals surface area contributed by atoms with Crippen LogP contribution >= 0.6 is 0 Å². The second-order valence-electron chi connectivity index (χ2n) is 4.95. The Morgan fingerprint density at radius 2 is 1.78 bits per heavy atom. The van der Waals surface area contributed by atoms with Crippen LogP contribution in [0, 0.1) is 5.41 Å². The van der Waals surface area contributed by atoms with Gasteiger partial charge in [0.05, 0.1) is 5.41 Å². The predicted molar refractivity (Wildman–Crippen MR) is 75.3 cm³/mol. The van der Waals surface area contributed by atoms with Crippen molar-refractivity contribution in [2.45, 2.75) is 52.9 Å². The van der Waals surface area contributed by atoms with Crippen molar-refractivity contribution in [1.82, 2.24) is 4.90 Å². The lowest BCUT2D eigenvalue weighted by Gasteiger charge is -2.36. The van der Waals surface area contributed by atoms with Crippen LogP contribution in [0.3, 0.4) is 0 Å². The first-order valence-corrected chi connectivity index (χ1v) is 7.22. The first-order valence-electron chi connectivity index (χ1n) is 7.22. The summed E-state index contributed by atoms with van der Waals surface area (Å²) in [6, 6.07) is 0. The highest BCUT2D eigenvalue weighted by Gasteiger charge is 2.37. The molecule has 3 N–H and O–H groups in total. The zero-order valence-corrected chi connectivity index (χ0v) is 12.2. The lowest BCUT2D eigenvalue weighted by atomic mass is 9.78. The van der Waals surface area contributed by atoms with Crippen LogP contribution in [-0.4, -0.2) is 42.2 Å². The van der Waals surface area contributed by atoms with Gasteiger partial charge >= 0.3 is 0 Å². The molecule has 0 aliphatic heterocycles. The van der Waals surface area contributed by atoms with Gasteiger partial charge in [-0.05, 0) is 26.2 Å². The summed E-state index contributed by atoms with van der Waals surface area (Å²) in [5.74, 6) is 0.171. The molecule has 0 bridgehead atoms. The molecule has 0 fully saturated rings. The van der Waals surface area contributed by atoms with Gasteiger partial charge in [0.2, 0.25) is 5.91 Å². The third kappa shape index (κ3) is 4.58. The standard InChI is InChI=1S/C14H30N2O2/c1-4-8-14(12-15,9-5-2)13(18)16(6-3)10-7-11-17/h17H,4-12,15H2,1-3H3. The van der Waals surface area contributed by atoms with E-state index in [1.807, 2.05) is 11.8 Å². The predicted octanol–water partition coefficient (Wildman–Crippen LogP) is 1.76. The molecular weight excluding hydrogens is 228 g/mol. The minimum absolute atomic E-state index is 0.126. The molecule has 0 heterocycles. The van der Waals surface area contributed by atoms with Crippen molar-refractivity contribution in [2.75, 3.05) is 26.2 Å². The molecule has 0 rings (SSSR count). The number of hydrogen-bond acceptors (Lipinski definition) is 3. The second kappa shape index (κ2) is 9.34. The van der Waals surface area contributed by atoms with Gasteiger partial charge in [-0.25, -0.2) is 0 Å². The molecule has 0 aromatic heterocycles. The largest absolute Gasteiger partial charge is 0.396 e. The lowest BCUT2D eigenvalue weighted by molar-refractivity contribution is -0.142. The van der Waals surface area contributed by atoms with E-state index < -0.39 is 5.41 Å². The monoisotopic (exact) mass is 258 g/mol. The first-order chi connectivity index (χ1) is 8.61. The lowest BCUT2D eigenvalue weighted by Crippen LogP contribution is -2.48. The van der Waals surface area contributed by atoms with E-state index in [0.29, 0.717) is 26.1 Å². The number of carbonyl (C=O) groups excluding carboxylic acids is 1. The van der Waals surface area contributed by atoms with Crippen LogP contribution in [0.4, 0.5) is 0 Å². The zero-order valence-electron chi connectivity index (χ0n) is 12.2. The minimum atomic E-state index is -0.394. The van der Waals surface area contributed by atoms with Crippen molar-refractivity contribution in [3.8, 4) is 0 Å². The molecule has 1 amide bonds.